The van der Waals surface area contributed by atoms with Gasteiger partial charge in [-0.1, -0.05) is 19.4 Å². The topological polar surface area (TPSA) is 84.2 Å². The fourth-order valence-corrected chi connectivity index (χ4v) is 3.02. The first-order valence-electron chi connectivity index (χ1n) is 8.05. The molecule has 0 bridgehead atoms. The highest BCUT2D eigenvalue weighted by Crippen LogP contribution is 2.32. The van der Waals surface area contributed by atoms with Gasteiger partial charge in [0.15, 0.2) is 0 Å². The first-order chi connectivity index (χ1) is 10.6. The van der Waals surface area contributed by atoms with Gasteiger partial charge in [-0.2, -0.15) is 0 Å². The number of halogens is 1. The van der Waals surface area contributed by atoms with E-state index in [0.717, 1.165) is 25.7 Å². The zero-order valence-electron chi connectivity index (χ0n) is 13.5. The first-order valence-corrected chi connectivity index (χ1v) is 8.05. The number of carbonyl (C=O) groups excluding carboxylic acids is 2. The number of carbonyl (C=O) groups is 2. The number of anilines is 2. The van der Waals surface area contributed by atoms with Crippen molar-refractivity contribution in [3.8, 4) is 0 Å². The van der Waals surface area contributed by atoms with Crippen LogP contribution in [0.3, 0.4) is 0 Å². The highest BCUT2D eigenvalue weighted by molar-refractivity contribution is 5.95. The fraction of sp³-hybridized carbons (Fsp3) is 0.529. The maximum absolute atomic E-state index is 12.4. The monoisotopic (exact) mass is 339 g/mol. The lowest BCUT2D eigenvalue weighted by molar-refractivity contribution is -0.120. The molecule has 1 aromatic carbocycles. The Morgan fingerprint density at radius 3 is 2.57 bits per heavy atom. The average Bonchev–Trinajstić information content (AvgIpc) is 2.96. The van der Waals surface area contributed by atoms with E-state index in [1.165, 1.54) is 0 Å². The average molecular weight is 340 g/mol. The predicted molar refractivity (Wildman–Crippen MR) is 95.7 cm³/mol. The molecule has 23 heavy (non-hydrogen) atoms. The Balaban J connectivity index is 0.00000264. The highest BCUT2D eigenvalue weighted by Gasteiger charge is 2.31. The Bertz CT molecular complexity index is 536. The lowest BCUT2D eigenvalue weighted by Gasteiger charge is -2.17. The largest absolute Gasteiger partial charge is 0.330 e. The standard InChI is InChI=1S/C17H25N3O2.ClH/c1-2-5-16(21)19-13-7-4-8-14(10-13)20-17(22)15-9-3-6-12(15)11-18;/h4,7-8,10,12,15H,2-3,5-6,9,11,18H2,1H3,(H,19,21)(H,20,22);1H/t12-,15-;/m1./s1. The molecule has 0 unspecified atom stereocenters. The van der Waals surface area contributed by atoms with Crippen LogP contribution in [0.15, 0.2) is 24.3 Å². The van der Waals surface area contributed by atoms with E-state index in [4.69, 9.17) is 5.73 Å². The van der Waals surface area contributed by atoms with Crippen molar-refractivity contribution in [2.75, 3.05) is 17.2 Å². The summed E-state index contributed by atoms with van der Waals surface area (Å²) in [4.78, 5) is 24.0. The summed E-state index contributed by atoms with van der Waals surface area (Å²) in [5.74, 6) is 0.311. The zero-order chi connectivity index (χ0) is 15.9. The van der Waals surface area contributed by atoms with E-state index in [-0.39, 0.29) is 36.1 Å². The second kappa shape index (κ2) is 9.53. The Kier molecular flexibility index (Phi) is 8.06. The van der Waals surface area contributed by atoms with Gasteiger partial charge in [0.05, 0.1) is 0 Å². The van der Waals surface area contributed by atoms with Crippen LogP contribution in [0.2, 0.25) is 0 Å². The molecule has 2 amide bonds. The predicted octanol–water partition coefficient (Wildman–Crippen LogP) is 3.16. The molecule has 1 fully saturated rings. The molecule has 2 rings (SSSR count). The molecule has 0 heterocycles. The highest BCUT2D eigenvalue weighted by atomic mass is 35.5. The summed E-state index contributed by atoms with van der Waals surface area (Å²) in [7, 11) is 0. The Morgan fingerprint density at radius 2 is 1.91 bits per heavy atom. The number of hydrogen-bond acceptors (Lipinski definition) is 3. The minimum Gasteiger partial charge on any atom is -0.330 e. The van der Waals surface area contributed by atoms with Crippen molar-refractivity contribution in [2.24, 2.45) is 17.6 Å². The van der Waals surface area contributed by atoms with E-state index in [2.05, 4.69) is 10.6 Å². The number of nitrogens with one attached hydrogen (secondary N) is 2. The molecule has 0 spiro atoms. The van der Waals surface area contributed by atoms with Gasteiger partial charge in [-0.15, -0.1) is 12.4 Å². The van der Waals surface area contributed by atoms with Crippen LogP contribution in [-0.2, 0) is 9.59 Å². The molecule has 2 atom stereocenters. The number of hydrogen-bond donors (Lipinski definition) is 3. The first kappa shape index (κ1) is 19.5. The zero-order valence-corrected chi connectivity index (χ0v) is 14.3. The Morgan fingerprint density at radius 1 is 1.22 bits per heavy atom. The summed E-state index contributed by atoms with van der Waals surface area (Å²) in [6.07, 6.45) is 4.30. The summed E-state index contributed by atoms with van der Waals surface area (Å²) in [6, 6.07) is 7.27. The molecule has 1 aliphatic rings. The lowest BCUT2D eigenvalue weighted by Crippen LogP contribution is -2.29. The number of nitrogens with two attached hydrogens (primary N) is 1. The Hall–Kier alpha value is -1.59. The van der Waals surface area contributed by atoms with Gasteiger partial charge in [0.1, 0.15) is 0 Å². The summed E-state index contributed by atoms with van der Waals surface area (Å²) in [5, 5.41) is 5.78. The van der Waals surface area contributed by atoms with Crippen LogP contribution >= 0.6 is 12.4 Å². The van der Waals surface area contributed by atoms with E-state index in [1.807, 2.05) is 25.1 Å². The molecule has 1 saturated carbocycles. The van der Waals surface area contributed by atoms with Gasteiger partial charge in [-0.3, -0.25) is 9.59 Å². The normalized spacial score (nSPS) is 19.7. The molecule has 0 aromatic heterocycles. The molecule has 128 valence electrons. The molecule has 0 radical (unpaired) electrons. The number of benzene rings is 1. The van der Waals surface area contributed by atoms with Crippen molar-refractivity contribution in [1.82, 2.24) is 0 Å². The minimum absolute atomic E-state index is 0. The molecular weight excluding hydrogens is 314 g/mol. The molecule has 6 heteroatoms. The van der Waals surface area contributed by atoms with Crippen LogP contribution in [0, 0.1) is 11.8 Å². The van der Waals surface area contributed by atoms with E-state index in [9.17, 15) is 9.59 Å². The van der Waals surface area contributed by atoms with Crippen molar-refractivity contribution < 1.29 is 9.59 Å². The maximum atomic E-state index is 12.4. The molecule has 0 aliphatic heterocycles. The van der Waals surface area contributed by atoms with Crippen molar-refractivity contribution in [3.05, 3.63) is 24.3 Å². The number of rotatable bonds is 6. The van der Waals surface area contributed by atoms with Crippen LogP contribution in [0.25, 0.3) is 0 Å². The van der Waals surface area contributed by atoms with Gasteiger partial charge in [0.2, 0.25) is 11.8 Å². The van der Waals surface area contributed by atoms with E-state index in [0.29, 0.717) is 24.3 Å². The van der Waals surface area contributed by atoms with E-state index in [1.54, 1.807) is 6.07 Å². The molecule has 1 aliphatic carbocycles. The summed E-state index contributed by atoms with van der Waals surface area (Å²) in [6.45, 7) is 2.52. The van der Waals surface area contributed by atoms with Crippen molar-refractivity contribution in [1.29, 1.82) is 0 Å². The lowest BCUT2D eigenvalue weighted by atomic mass is 9.95. The van der Waals surface area contributed by atoms with Crippen LogP contribution < -0.4 is 16.4 Å². The molecule has 1 aromatic rings. The van der Waals surface area contributed by atoms with Gasteiger partial charge < -0.3 is 16.4 Å². The van der Waals surface area contributed by atoms with E-state index >= 15 is 0 Å². The van der Waals surface area contributed by atoms with Crippen molar-refractivity contribution in [2.45, 2.75) is 39.0 Å². The van der Waals surface area contributed by atoms with Gasteiger partial charge in [0, 0.05) is 23.7 Å². The third kappa shape index (κ3) is 5.52. The van der Waals surface area contributed by atoms with Crippen molar-refractivity contribution >= 4 is 35.6 Å². The summed E-state index contributed by atoms with van der Waals surface area (Å²) >= 11 is 0. The van der Waals surface area contributed by atoms with E-state index < -0.39 is 0 Å². The Labute approximate surface area is 143 Å². The molecule has 5 nitrogen and oxygen atoms in total. The summed E-state index contributed by atoms with van der Waals surface area (Å²) in [5.41, 5.74) is 7.15. The SMILES string of the molecule is CCCC(=O)Nc1cccc(NC(=O)[C@@H]2CCC[C@@H]2CN)c1.Cl. The van der Waals surface area contributed by atoms with Crippen molar-refractivity contribution in [3.63, 3.8) is 0 Å². The molecular formula is C17H26ClN3O2. The fourth-order valence-electron chi connectivity index (χ4n) is 3.02. The van der Waals surface area contributed by atoms with Gasteiger partial charge in [-0.25, -0.2) is 0 Å². The van der Waals surface area contributed by atoms with Crippen LogP contribution in [-0.4, -0.2) is 18.4 Å². The number of amides is 2. The molecule has 0 saturated heterocycles. The van der Waals surface area contributed by atoms with Crippen LogP contribution in [0.4, 0.5) is 11.4 Å². The third-order valence-corrected chi connectivity index (χ3v) is 4.19. The van der Waals surface area contributed by atoms with Crippen LogP contribution in [0.1, 0.15) is 39.0 Å². The summed E-state index contributed by atoms with van der Waals surface area (Å²) < 4.78 is 0. The second-order valence-electron chi connectivity index (χ2n) is 5.90. The van der Waals surface area contributed by atoms with Crippen LogP contribution in [0.5, 0.6) is 0 Å². The maximum Gasteiger partial charge on any atom is 0.227 e. The quantitative estimate of drug-likeness (QED) is 0.744. The minimum atomic E-state index is -0.00929. The second-order valence-corrected chi connectivity index (χ2v) is 5.90. The van der Waals surface area contributed by atoms with Gasteiger partial charge in [-0.05, 0) is 49.9 Å². The smallest absolute Gasteiger partial charge is 0.227 e. The third-order valence-electron chi connectivity index (χ3n) is 4.19. The van der Waals surface area contributed by atoms with Gasteiger partial charge >= 0.3 is 0 Å². The molecule has 4 N–H and O–H groups in total. The van der Waals surface area contributed by atoms with Gasteiger partial charge in [0.25, 0.3) is 0 Å².